The van der Waals surface area contributed by atoms with Crippen LogP contribution in [0.25, 0.3) is 0 Å². The van der Waals surface area contributed by atoms with E-state index in [2.05, 4.69) is 10.6 Å². The number of nitrogens with one attached hydrogen (secondary N) is 2. The summed E-state index contributed by atoms with van der Waals surface area (Å²) in [5.74, 6) is 0.881. The minimum Gasteiger partial charge on any atom is -0.496 e. The summed E-state index contributed by atoms with van der Waals surface area (Å²) in [6.45, 7) is 0. The maximum absolute atomic E-state index is 12.5. The molecule has 2 saturated heterocycles. The Morgan fingerprint density at radius 1 is 1.16 bits per heavy atom. The lowest BCUT2D eigenvalue weighted by atomic mass is 9.95. The fourth-order valence-electron chi connectivity index (χ4n) is 3.74. The van der Waals surface area contributed by atoms with Crippen molar-refractivity contribution >= 4 is 17.7 Å². The van der Waals surface area contributed by atoms with E-state index >= 15 is 0 Å². The zero-order valence-corrected chi connectivity index (χ0v) is 15.0. The molecule has 2 aromatic carbocycles. The number of hydrogen-bond acceptors (Lipinski definition) is 4. The Morgan fingerprint density at radius 3 is 2.64 bits per heavy atom. The third-order valence-corrected chi connectivity index (χ3v) is 6.09. The van der Waals surface area contributed by atoms with Gasteiger partial charge in [-0.15, -0.1) is 0 Å². The highest BCUT2D eigenvalue weighted by Gasteiger charge is 2.39. The lowest BCUT2D eigenvalue weighted by molar-refractivity contribution is 0.0931. The molecular formula is C20H22N2O2S. The molecule has 0 aliphatic carbocycles. The molecule has 4 nitrogen and oxygen atoms in total. The molecule has 2 N–H and O–H groups in total. The molecule has 0 aromatic heterocycles. The second-order valence-corrected chi connectivity index (χ2v) is 7.76. The van der Waals surface area contributed by atoms with Crippen molar-refractivity contribution in [1.82, 2.24) is 10.6 Å². The number of para-hydroxylation sites is 1. The monoisotopic (exact) mass is 354 g/mol. The minimum absolute atomic E-state index is 0.0215. The Hall–Kier alpha value is -1.98. The molecule has 1 amide bonds. The molecule has 0 unspecified atom stereocenters. The van der Waals surface area contributed by atoms with Gasteiger partial charge in [0.15, 0.2) is 0 Å². The molecule has 2 bridgehead atoms. The molecule has 2 aromatic rings. The molecule has 4 rings (SSSR count). The molecule has 130 valence electrons. The van der Waals surface area contributed by atoms with Crippen LogP contribution < -0.4 is 15.4 Å². The number of benzene rings is 2. The van der Waals surface area contributed by atoms with Gasteiger partial charge < -0.3 is 15.4 Å². The average Bonchev–Trinajstić information content (AvgIpc) is 3.26. The predicted molar refractivity (Wildman–Crippen MR) is 99.4 cm³/mol. The smallest absolute Gasteiger partial charge is 0.251 e. The lowest BCUT2D eigenvalue weighted by Gasteiger charge is -2.21. The van der Waals surface area contributed by atoms with E-state index < -0.39 is 0 Å². The normalized spacial score (nSPS) is 24.3. The van der Waals surface area contributed by atoms with E-state index in [9.17, 15) is 4.79 Å². The number of rotatable bonds is 5. The number of amides is 1. The maximum atomic E-state index is 12.5. The Labute approximate surface area is 152 Å². The summed E-state index contributed by atoms with van der Waals surface area (Å²) in [5.41, 5.74) is 0.715. The fourth-order valence-corrected chi connectivity index (χ4v) is 4.66. The van der Waals surface area contributed by atoms with Crippen LogP contribution in [0, 0.1) is 0 Å². The molecular weight excluding hydrogens is 332 g/mol. The molecule has 2 heterocycles. The SMILES string of the molecule is COc1ccccc1Sc1ccc(C(=O)N[C@@H]2C[C@H]3CC[C@@H]2N3)cc1. The van der Waals surface area contributed by atoms with E-state index in [-0.39, 0.29) is 11.9 Å². The van der Waals surface area contributed by atoms with Crippen molar-refractivity contribution in [2.24, 2.45) is 0 Å². The van der Waals surface area contributed by atoms with Crippen molar-refractivity contribution in [1.29, 1.82) is 0 Å². The number of methoxy groups -OCH3 is 1. The van der Waals surface area contributed by atoms with Crippen LogP contribution in [0.4, 0.5) is 0 Å². The van der Waals surface area contributed by atoms with Crippen molar-refractivity contribution < 1.29 is 9.53 Å². The summed E-state index contributed by atoms with van der Waals surface area (Å²) < 4.78 is 5.39. The Bertz CT molecular complexity index is 763. The maximum Gasteiger partial charge on any atom is 0.251 e. The summed E-state index contributed by atoms with van der Waals surface area (Å²) in [6, 6.07) is 17.0. The minimum atomic E-state index is 0.0215. The molecule has 2 fully saturated rings. The van der Waals surface area contributed by atoms with Crippen molar-refractivity contribution in [3.8, 4) is 5.75 Å². The van der Waals surface area contributed by atoms with Gasteiger partial charge in [-0.25, -0.2) is 0 Å². The molecule has 0 radical (unpaired) electrons. The molecule has 2 aliphatic rings. The highest BCUT2D eigenvalue weighted by molar-refractivity contribution is 7.99. The largest absolute Gasteiger partial charge is 0.496 e. The van der Waals surface area contributed by atoms with Gasteiger partial charge in [-0.1, -0.05) is 23.9 Å². The van der Waals surface area contributed by atoms with E-state index in [1.165, 1.54) is 12.8 Å². The summed E-state index contributed by atoms with van der Waals surface area (Å²) in [4.78, 5) is 14.6. The highest BCUT2D eigenvalue weighted by Crippen LogP contribution is 2.34. The van der Waals surface area contributed by atoms with Gasteiger partial charge in [0.05, 0.1) is 12.0 Å². The second kappa shape index (κ2) is 7.10. The third-order valence-electron chi connectivity index (χ3n) is 5.03. The topological polar surface area (TPSA) is 50.4 Å². The van der Waals surface area contributed by atoms with Crippen LogP contribution in [0.3, 0.4) is 0 Å². The summed E-state index contributed by atoms with van der Waals surface area (Å²) >= 11 is 1.64. The van der Waals surface area contributed by atoms with Crippen LogP contribution in [-0.2, 0) is 0 Å². The average molecular weight is 354 g/mol. The molecule has 0 spiro atoms. The van der Waals surface area contributed by atoms with Gasteiger partial charge in [-0.05, 0) is 55.7 Å². The van der Waals surface area contributed by atoms with Gasteiger partial charge in [0.2, 0.25) is 0 Å². The van der Waals surface area contributed by atoms with E-state index in [4.69, 9.17) is 4.74 Å². The number of fused-ring (bicyclic) bond motifs is 2. The zero-order valence-electron chi connectivity index (χ0n) is 14.2. The van der Waals surface area contributed by atoms with Crippen LogP contribution in [0.5, 0.6) is 5.75 Å². The van der Waals surface area contributed by atoms with E-state index in [1.54, 1.807) is 18.9 Å². The predicted octanol–water partition coefficient (Wildman–Crippen LogP) is 3.47. The molecule has 25 heavy (non-hydrogen) atoms. The van der Waals surface area contributed by atoms with Gasteiger partial charge >= 0.3 is 0 Å². The first-order valence-corrected chi connectivity index (χ1v) is 9.52. The van der Waals surface area contributed by atoms with Crippen LogP contribution in [0.1, 0.15) is 29.6 Å². The van der Waals surface area contributed by atoms with Gasteiger partial charge in [0.1, 0.15) is 5.75 Å². The summed E-state index contributed by atoms with van der Waals surface area (Å²) in [5, 5.41) is 6.74. The van der Waals surface area contributed by atoms with Gasteiger partial charge in [-0.2, -0.15) is 0 Å². The summed E-state index contributed by atoms with van der Waals surface area (Å²) in [7, 11) is 1.68. The van der Waals surface area contributed by atoms with Crippen molar-refractivity contribution in [3.63, 3.8) is 0 Å². The first-order chi connectivity index (χ1) is 12.2. The molecule has 2 aliphatic heterocycles. The zero-order chi connectivity index (χ0) is 17.2. The number of ether oxygens (including phenoxy) is 1. The Kier molecular flexibility index (Phi) is 4.68. The van der Waals surface area contributed by atoms with Crippen LogP contribution in [0.2, 0.25) is 0 Å². The quantitative estimate of drug-likeness (QED) is 0.863. The van der Waals surface area contributed by atoms with Gasteiger partial charge in [0, 0.05) is 28.6 Å². The number of carbonyl (C=O) groups is 1. The fraction of sp³-hybridized carbons (Fsp3) is 0.350. The highest BCUT2D eigenvalue weighted by atomic mass is 32.2. The Balaban J connectivity index is 1.40. The van der Waals surface area contributed by atoms with Crippen LogP contribution in [0.15, 0.2) is 58.3 Å². The number of hydrogen-bond donors (Lipinski definition) is 2. The second-order valence-electron chi connectivity index (χ2n) is 6.64. The van der Waals surface area contributed by atoms with Crippen LogP contribution >= 0.6 is 11.8 Å². The molecule has 0 saturated carbocycles. The first-order valence-electron chi connectivity index (χ1n) is 8.71. The molecule has 3 atom stereocenters. The van der Waals surface area contributed by atoms with Crippen LogP contribution in [-0.4, -0.2) is 31.1 Å². The summed E-state index contributed by atoms with van der Waals surface area (Å²) in [6.07, 6.45) is 3.47. The van der Waals surface area contributed by atoms with Gasteiger partial charge in [0.25, 0.3) is 5.91 Å². The number of carbonyl (C=O) groups excluding carboxylic acids is 1. The van der Waals surface area contributed by atoms with Crippen molar-refractivity contribution in [2.75, 3.05) is 7.11 Å². The first kappa shape index (κ1) is 16.5. The van der Waals surface area contributed by atoms with E-state index in [0.29, 0.717) is 17.6 Å². The van der Waals surface area contributed by atoms with Gasteiger partial charge in [-0.3, -0.25) is 4.79 Å². The van der Waals surface area contributed by atoms with E-state index in [0.717, 1.165) is 22.0 Å². The molecule has 5 heteroatoms. The third kappa shape index (κ3) is 3.53. The lowest BCUT2D eigenvalue weighted by Crippen LogP contribution is -2.42. The Morgan fingerprint density at radius 2 is 1.96 bits per heavy atom. The van der Waals surface area contributed by atoms with E-state index in [1.807, 2.05) is 48.5 Å². The van der Waals surface area contributed by atoms with Crippen molar-refractivity contribution in [2.45, 2.75) is 47.2 Å². The standard InChI is InChI=1S/C20H22N2O2S/c1-24-18-4-2-3-5-19(18)25-15-9-6-13(7-10-15)20(23)22-17-12-14-8-11-16(17)21-14/h2-7,9-10,14,16-17,21H,8,11-12H2,1H3,(H,22,23)/t14-,16+,17-/m1/s1. The van der Waals surface area contributed by atoms with Crippen molar-refractivity contribution in [3.05, 3.63) is 54.1 Å².